The smallest absolute Gasteiger partial charge is 0.349 e. The van der Waals surface area contributed by atoms with Crippen LogP contribution < -0.4 is 5.32 Å². The summed E-state index contributed by atoms with van der Waals surface area (Å²) in [5.74, 6) is -1.70. The van der Waals surface area contributed by atoms with Crippen molar-refractivity contribution in [1.29, 1.82) is 0 Å². The molecule has 1 fully saturated rings. The Morgan fingerprint density at radius 1 is 1.07 bits per heavy atom. The minimum absolute atomic E-state index is 0.0198. The second-order valence-corrected chi connectivity index (χ2v) is 7.18. The van der Waals surface area contributed by atoms with E-state index >= 15 is 0 Å². The third-order valence-corrected chi connectivity index (χ3v) is 4.93. The highest BCUT2D eigenvalue weighted by Crippen LogP contribution is 2.32. The molecule has 9 heteroatoms. The summed E-state index contributed by atoms with van der Waals surface area (Å²) in [6, 6.07) is 8.04. The molecule has 1 N–H and O–H groups in total. The Kier molecular flexibility index (Phi) is 6.12. The van der Waals surface area contributed by atoms with Crippen LogP contribution in [0.3, 0.4) is 0 Å². The molecule has 0 spiro atoms. The molecule has 1 heterocycles. The van der Waals surface area contributed by atoms with Crippen molar-refractivity contribution >= 4 is 23.4 Å². The van der Waals surface area contributed by atoms with Gasteiger partial charge in [-0.15, -0.1) is 0 Å². The van der Waals surface area contributed by atoms with Crippen LogP contribution in [0.5, 0.6) is 0 Å². The lowest BCUT2D eigenvalue weighted by molar-refractivity contribution is -0.137. The fourth-order valence-corrected chi connectivity index (χ4v) is 3.42. The predicted octanol–water partition coefficient (Wildman–Crippen LogP) is 4.53. The molecule has 0 aliphatic carbocycles. The first-order valence-corrected chi connectivity index (χ1v) is 9.25. The Balaban J connectivity index is 1.61. The van der Waals surface area contributed by atoms with Crippen LogP contribution in [-0.2, 0) is 6.18 Å². The quantitative estimate of drug-likeness (QED) is 0.730. The van der Waals surface area contributed by atoms with Gasteiger partial charge in [-0.25, -0.2) is 4.39 Å². The minimum Gasteiger partial charge on any atom is -0.349 e. The van der Waals surface area contributed by atoms with E-state index in [4.69, 9.17) is 11.6 Å². The zero-order valence-electron chi connectivity index (χ0n) is 15.1. The van der Waals surface area contributed by atoms with E-state index in [1.54, 1.807) is 6.07 Å². The highest BCUT2D eigenvalue weighted by atomic mass is 35.5. The Morgan fingerprint density at radius 3 is 2.34 bits per heavy atom. The monoisotopic (exact) mass is 428 g/mol. The van der Waals surface area contributed by atoms with Crippen LogP contribution in [-0.4, -0.2) is 35.8 Å². The first-order chi connectivity index (χ1) is 13.6. The number of carbonyl (C=O) groups excluding carboxylic acids is 2. The van der Waals surface area contributed by atoms with Crippen LogP contribution in [0.4, 0.5) is 17.6 Å². The van der Waals surface area contributed by atoms with Crippen LogP contribution >= 0.6 is 11.6 Å². The van der Waals surface area contributed by atoms with Crippen molar-refractivity contribution in [3.8, 4) is 0 Å². The number of carbonyl (C=O) groups is 2. The van der Waals surface area contributed by atoms with E-state index in [1.165, 1.54) is 29.2 Å². The van der Waals surface area contributed by atoms with Gasteiger partial charge in [-0.3, -0.25) is 9.59 Å². The summed E-state index contributed by atoms with van der Waals surface area (Å²) < 4.78 is 52.5. The van der Waals surface area contributed by atoms with Crippen molar-refractivity contribution in [2.75, 3.05) is 13.1 Å². The summed E-state index contributed by atoms with van der Waals surface area (Å²) in [6.45, 7) is 0.586. The zero-order valence-corrected chi connectivity index (χ0v) is 15.9. The van der Waals surface area contributed by atoms with Crippen LogP contribution in [0.2, 0.25) is 5.02 Å². The number of halogens is 5. The average molecular weight is 429 g/mol. The maximum Gasteiger partial charge on any atom is 0.416 e. The van der Waals surface area contributed by atoms with Crippen molar-refractivity contribution in [3.05, 3.63) is 70.0 Å². The fraction of sp³-hybridized carbons (Fsp3) is 0.300. The number of nitrogens with one attached hydrogen (secondary N) is 1. The molecule has 1 aliphatic heterocycles. The van der Waals surface area contributed by atoms with Gasteiger partial charge in [-0.05, 0) is 43.2 Å². The Hall–Kier alpha value is -2.61. The molecular formula is C20H17ClF4N2O2. The number of hydrogen-bond acceptors (Lipinski definition) is 2. The van der Waals surface area contributed by atoms with Crippen LogP contribution in [0.1, 0.15) is 39.1 Å². The number of piperidine rings is 1. The summed E-state index contributed by atoms with van der Waals surface area (Å²) >= 11 is 5.71. The van der Waals surface area contributed by atoms with E-state index in [0.29, 0.717) is 25.9 Å². The van der Waals surface area contributed by atoms with Gasteiger partial charge in [0, 0.05) is 29.7 Å². The number of likely N-dealkylation sites (tertiary alicyclic amines) is 1. The number of rotatable bonds is 3. The zero-order chi connectivity index (χ0) is 21.2. The van der Waals surface area contributed by atoms with Crippen molar-refractivity contribution < 1.29 is 27.2 Å². The molecule has 1 aliphatic rings. The van der Waals surface area contributed by atoms with Crippen molar-refractivity contribution in [2.45, 2.75) is 25.1 Å². The number of benzene rings is 2. The molecule has 2 aromatic rings. The molecule has 0 aromatic heterocycles. The topological polar surface area (TPSA) is 49.4 Å². The van der Waals surface area contributed by atoms with Gasteiger partial charge in [0.25, 0.3) is 11.8 Å². The Bertz CT molecular complexity index is 925. The molecule has 2 aromatic carbocycles. The largest absolute Gasteiger partial charge is 0.416 e. The van der Waals surface area contributed by atoms with E-state index in [-0.39, 0.29) is 22.2 Å². The Morgan fingerprint density at radius 2 is 1.72 bits per heavy atom. The summed E-state index contributed by atoms with van der Waals surface area (Å²) in [6.07, 6.45) is -3.81. The van der Waals surface area contributed by atoms with Gasteiger partial charge in [0.05, 0.1) is 11.1 Å². The SMILES string of the molecule is O=C(NC1CCN(C(=O)c2ccccc2F)CC1)c1cc(Cl)cc(C(F)(F)F)c1. The first kappa shape index (κ1) is 21.1. The summed E-state index contributed by atoms with van der Waals surface area (Å²) in [7, 11) is 0. The van der Waals surface area contributed by atoms with E-state index in [1.807, 2.05) is 0 Å². The normalized spacial score (nSPS) is 15.3. The lowest BCUT2D eigenvalue weighted by Crippen LogP contribution is -2.46. The van der Waals surface area contributed by atoms with Crippen molar-refractivity contribution in [1.82, 2.24) is 10.2 Å². The molecule has 0 radical (unpaired) electrons. The van der Waals surface area contributed by atoms with Gasteiger partial charge in [-0.2, -0.15) is 13.2 Å². The molecule has 3 rings (SSSR count). The molecule has 29 heavy (non-hydrogen) atoms. The highest BCUT2D eigenvalue weighted by Gasteiger charge is 2.32. The van der Waals surface area contributed by atoms with Gasteiger partial charge < -0.3 is 10.2 Å². The summed E-state index contributed by atoms with van der Waals surface area (Å²) in [4.78, 5) is 26.3. The molecule has 154 valence electrons. The average Bonchev–Trinajstić information content (AvgIpc) is 2.67. The molecule has 2 amide bonds. The second kappa shape index (κ2) is 8.41. The van der Waals surface area contributed by atoms with Crippen LogP contribution in [0.25, 0.3) is 0 Å². The third kappa shape index (κ3) is 5.06. The maximum atomic E-state index is 13.8. The van der Waals surface area contributed by atoms with Gasteiger partial charge in [0.1, 0.15) is 5.82 Å². The molecule has 0 unspecified atom stereocenters. The van der Waals surface area contributed by atoms with E-state index < -0.39 is 29.4 Å². The first-order valence-electron chi connectivity index (χ1n) is 8.87. The van der Waals surface area contributed by atoms with E-state index in [2.05, 4.69) is 5.32 Å². The minimum atomic E-state index is -4.61. The lowest BCUT2D eigenvalue weighted by Gasteiger charge is -2.32. The molecule has 1 saturated heterocycles. The number of nitrogens with zero attached hydrogens (tertiary/aromatic N) is 1. The molecule has 0 atom stereocenters. The van der Waals surface area contributed by atoms with E-state index in [9.17, 15) is 27.2 Å². The Labute approximate surface area is 169 Å². The maximum absolute atomic E-state index is 13.8. The number of alkyl halides is 3. The molecular weight excluding hydrogens is 412 g/mol. The summed E-state index contributed by atoms with van der Waals surface area (Å²) in [5, 5.41) is 2.49. The van der Waals surface area contributed by atoms with Gasteiger partial charge in [-0.1, -0.05) is 23.7 Å². The molecule has 0 bridgehead atoms. The second-order valence-electron chi connectivity index (χ2n) is 6.75. The van der Waals surface area contributed by atoms with Crippen LogP contribution in [0.15, 0.2) is 42.5 Å². The third-order valence-electron chi connectivity index (χ3n) is 4.71. The standard InChI is InChI=1S/C20H17ClF4N2O2/c21-14-10-12(9-13(11-14)20(23,24)25)18(28)26-15-5-7-27(8-6-15)19(29)16-3-1-2-4-17(16)22/h1-4,9-11,15H,5-8H2,(H,26,28). The van der Waals surface area contributed by atoms with Gasteiger partial charge >= 0.3 is 6.18 Å². The molecule has 4 nitrogen and oxygen atoms in total. The van der Waals surface area contributed by atoms with Crippen molar-refractivity contribution in [3.63, 3.8) is 0 Å². The van der Waals surface area contributed by atoms with Crippen molar-refractivity contribution in [2.24, 2.45) is 0 Å². The summed E-state index contributed by atoms with van der Waals surface area (Å²) in [5.41, 5.74) is -1.20. The predicted molar refractivity (Wildman–Crippen MR) is 99.2 cm³/mol. The lowest BCUT2D eigenvalue weighted by atomic mass is 10.0. The van der Waals surface area contributed by atoms with Gasteiger partial charge in [0.15, 0.2) is 0 Å². The number of amides is 2. The highest BCUT2D eigenvalue weighted by molar-refractivity contribution is 6.31. The van der Waals surface area contributed by atoms with E-state index in [0.717, 1.165) is 12.1 Å². The fourth-order valence-electron chi connectivity index (χ4n) is 3.19. The molecule has 0 saturated carbocycles. The van der Waals surface area contributed by atoms with Gasteiger partial charge in [0.2, 0.25) is 0 Å². The number of hydrogen-bond donors (Lipinski definition) is 1. The van der Waals surface area contributed by atoms with Crippen LogP contribution in [0, 0.1) is 5.82 Å².